The van der Waals surface area contributed by atoms with E-state index in [-0.39, 0.29) is 0 Å². The summed E-state index contributed by atoms with van der Waals surface area (Å²) < 4.78 is 23.8. The molecule has 0 bridgehead atoms. The van der Waals surface area contributed by atoms with E-state index in [1.807, 2.05) is 13.0 Å². The summed E-state index contributed by atoms with van der Waals surface area (Å²) in [6.45, 7) is 1.83. The first-order valence-electron chi connectivity index (χ1n) is 4.13. The van der Waals surface area contributed by atoms with E-state index in [4.69, 9.17) is 5.73 Å². The number of hydrogen-bond acceptors (Lipinski definition) is 3. The second-order valence-corrected chi connectivity index (χ2v) is 5.26. The van der Waals surface area contributed by atoms with Gasteiger partial charge >= 0.3 is 0 Å². The van der Waals surface area contributed by atoms with E-state index in [0.29, 0.717) is 11.4 Å². The van der Waals surface area contributed by atoms with E-state index in [2.05, 4.69) is 0 Å². The van der Waals surface area contributed by atoms with E-state index in [1.165, 1.54) is 11.4 Å². The molecule has 78 valence electrons. The van der Waals surface area contributed by atoms with Gasteiger partial charge in [0.2, 0.25) is 10.0 Å². The zero-order valence-corrected chi connectivity index (χ0v) is 9.30. The van der Waals surface area contributed by atoms with E-state index in [1.54, 1.807) is 12.1 Å². The fourth-order valence-corrected chi connectivity index (χ4v) is 1.86. The van der Waals surface area contributed by atoms with Crippen LogP contribution >= 0.6 is 0 Å². The summed E-state index contributed by atoms with van der Waals surface area (Å²) >= 11 is 0. The van der Waals surface area contributed by atoms with Crippen LogP contribution in [0.2, 0.25) is 0 Å². The molecule has 1 aromatic carbocycles. The number of hydrogen-bond donors (Lipinski definition) is 1. The van der Waals surface area contributed by atoms with Gasteiger partial charge in [-0.05, 0) is 18.6 Å². The van der Waals surface area contributed by atoms with Gasteiger partial charge in [0, 0.05) is 7.05 Å². The van der Waals surface area contributed by atoms with E-state index >= 15 is 0 Å². The van der Waals surface area contributed by atoms with Crippen molar-refractivity contribution in [3.63, 3.8) is 0 Å². The lowest BCUT2D eigenvalue weighted by atomic mass is 10.2. The molecule has 0 aliphatic rings. The lowest BCUT2D eigenvalue weighted by Crippen LogP contribution is -2.26. The smallest absolute Gasteiger partial charge is 0.232 e. The molecule has 0 radical (unpaired) electrons. The van der Waals surface area contributed by atoms with Gasteiger partial charge in [0.1, 0.15) is 0 Å². The third-order valence-corrected chi connectivity index (χ3v) is 3.26. The molecule has 1 aromatic rings. The first-order valence-corrected chi connectivity index (χ1v) is 5.98. The van der Waals surface area contributed by atoms with Crippen molar-refractivity contribution in [3.05, 3.63) is 23.8 Å². The highest BCUT2D eigenvalue weighted by Crippen LogP contribution is 2.27. The molecular formula is C9H14N2O2S. The highest BCUT2D eigenvalue weighted by molar-refractivity contribution is 7.92. The summed E-state index contributed by atoms with van der Waals surface area (Å²) in [6.07, 6.45) is 1.15. The SMILES string of the molecule is Cc1cccc(N)c1N(C)S(C)(=O)=O. The minimum absolute atomic E-state index is 0.470. The first-order chi connectivity index (χ1) is 6.34. The molecule has 0 aromatic heterocycles. The average Bonchev–Trinajstić information content (AvgIpc) is 2.01. The maximum absolute atomic E-state index is 11.3. The standard InChI is InChI=1S/C9H14N2O2S/c1-7-5-4-6-8(10)9(7)11(2)14(3,12)13/h4-6H,10H2,1-3H3. The molecule has 2 N–H and O–H groups in total. The minimum Gasteiger partial charge on any atom is -0.397 e. The van der Waals surface area contributed by atoms with Crippen LogP contribution in [0.5, 0.6) is 0 Å². The molecule has 5 heteroatoms. The van der Waals surface area contributed by atoms with Gasteiger partial charge in [-0.2, -0.15) is 0 Å². The molecule has 14 heavy (non-hydrogen) atoms. The number of nitrogens with two attached hydrogens (primary N) is 1. The van der Waals surface area contributed by atoms with Crippen LogP contribution in [-0.2, 0) is 10.0 Å². The molecule has 1 rings (SSSR count). The molecule has 0 aliphatic heterocycles. The fraction of sp³-hybridized carbons (Fsp3) is 0.333. The number of para-hydroxylation sites is 1. The Hall–Kier alpha value is -1.23. The van der Waals surface area contributed by atoms with Gasteiger partial charge in [-0.15, -0.1) is 0 Å². The number of rotatable bonds is 2. The Morgan fingerprint density at radius 1 is 1.36 bits per heavy atom. The quantitative estimate of drug-likeness (QED) is 0.746. The molecule has 0 saturated heterocycles. The van der Waals surface area contributed by atoms with E-state index in [0.717, 1.165) is 11.8 Å². The molecule has 4 nitrogen and oxygen atoms in total. The summed E-state index contributed by atoms with van der Waals surface area (Å²) in [5.41, 5.74) is 7.58. The van der Waals surface area contributed by atoms with Crippen LogP contribution in [-0.4, -0.2) is 21.7 Å². The predicted octanol–water partition coefficient (Wildman–Crippen LogP) is 0.973. The Bertz CT molecular complexity index is 420. The maximum Gasteiger partial charge on any atom is 0.232 e. The minimum atomic E-state index is -3.25. The van der Waals surface area contributed by atoms with Crippen LogP contribution in [0, 0.1) is 6.92 Å². The molecule has 0 aliphatic carbocycles. The van der Waals surface area contributed by atoms with Crippen molar-refractivity contribution >= 4 is 21.4 Å². The molecule has 0 amide bonds. The second-order valence-electron chi connectivity index (χ2n) is 3.24. The number of aryl methyl sites for hydroxylation is 1. The monoisotopic (exact) mass is 214 g/mol. The molecule has 0 atom stereocenters. The van der Waals surface area contributed by atoms with E-state index in [9.17, 15) is 8.42 Å². The first kappa shape index (κ1) is 10.8. The summed E-state index contributed by atoms with van der Waals surface area (Å²) in [6, 6.07) is 5.31. The topological polar surface area (TPSA) is 63.4 Å². The zero-order chi connectivity index (χ0) is 10.9. The highest BCUT2D eigenvalue weighted by Gasteiger charge is 2.16. The highest BCUT2D eigenvalue weighted by atomic mass is 32.2. The van der Waals surface area contributed by atoms with Crippen molar-refractivity contribution in [2.45, 2.75) is 6.92 Å². The molecule has 0 unspecified atom stereocenters. The van der Waals surface area contributed by atoms with Crippen LogP contribution in [0.1, 0.15) is 5.56 Å². The third-order valence-electron chi connectivity index (χ3n) is 2.08. The van der Waals surface area contributed by atoms with Gasteiger partial charge in [0.05, 0.1) is 17.6 Å². The normalized spacial score (nSPS) is 11.4. The number of nitrogens with zero attached hydrogens (tertiary/aromatic N) is 1. The van der Waals surface area contributed by atoms with Gasteiger partial charge in [-0.1, -0.05) is 12.1 Å². The van der Waals surface area contributed by atoms with Crippen molar-refractivity contribution in [1.82, 2.24) is 0 Å². The average molecular weight is 214 g/mol. The van der Waals surface area contributed by atoms with Gasteiger partial charge < -0.3 is 5.73 Å². The third kappa shape index (κ3) is 1.98. The molecule has 0 saturated carbocycles. The van der Waals surface area contributed by atoms with Crippen LogP contribution in [0.3, 0.4) is 0 Å². The van der Waals surface area contributed by atoms with Crippen molar-refractivity contribution in [3.8, 4) is 0 Å². The number of anilines is 2. The second kappa shape index (κ2) is 3.49. The van der Waals surface area contributed by atoms with Crippen LogP contribution in [0.15, 0.2) is 18.2 Å². The molecule has 0 fully saturated rings. The van der Waals surface area contributed by atoms with Crippen LogP contribution in [0.25, 0.3) is 0 Å². The maximum atomic E-state index is 11.3. The molecular weight excluding hydrogens is 200 g/mol. The lowest BCUT2D eigenvalue weighted by Gasteiger charge is -2.20. The Kier molecular flexibility index (Phi) is 2.71. The summed E-state index contributed by atoms with van der Waals surface area (Å²) in [4.78, 5) is 0. The molecule has 0 spiro atoms. The summed E-state index contributed by atoms with van der Waals surface area (Å²) in [5.74, 6) is 0. The van der Waals surface area contributed by atoms with Crippen LogP contribution < -0.4 is 10.0 Å². The fourth-order valence-electron chi connectivity index (χ4n) is 1.28. The Labute approximate surface area is 84.4 Å². The van der Waals surface area contributed by atoms with Crippen molar-refractivity contribution < 1.29 is 8.42 Å². The zero-order valence-electron chi connectivity index (χ0n) is 8.48. The van der Waals surface area contributed by atoms with E-state index < -0.39 is 10.0 Å². The summed E-state index contributed by atoms with van der Waals surface area (Å²) in [7, 11) is -1.75. The number of sulfonamides is 1. The number of nitrogen functional groups attached to an aromatic ring is 1. The Morgan fingerprint density at radius 3 is 2.36 bits per heavy atom. The molecule has 0 heterocycles. The number of benzene rings is 1. The van der Waals surface area contributed by atoms with Crippen LogP contribution in [0.4, 0.5) is 11.4 Å². The van der Waals surface area contributed by atoms with Gasteiger partial charge in [-0.3, -0.25) is 4.31 Å². The van der Waals surface area contributed by atoms with Crippen molar-refractivity contribution in [2.24, 2.45) is 0 Å². The largest absolute Gasteiger partial charge is 0.397 e. The van der Waals surface area contributed by atoms with Gasteiger partial charge in [0.15, 0.2) is 0 Å². The van der Waals surface area contributed by atoms with Gasteiger partial charge in [-0.25, -0.2) is 8.42 Å². The Balaban J connectivity index is 3.33. The lowest BCUT2D eigenvalue weighted by molar-refractivity contribution is 0.600. The van der Waals surface area contributed by atoms with Gasteiger partial charge in [0.25, 0.3) is 0 Å². The Morgan fingerprint density at radius 2 is 1.93 bits per heavy atom. The van der Waals surface area contributed by atoms with Crippen molar-refractivity contribution in [2.75, 3.05) is 23.3 Å². The predicted molar refractivity (Wildman–Crippen MR) is 58.8 cm³/mol. The summed E-state index contributed by atoms with van der Waals surface area (Å²) in [5, 5.41) is 0. The van der Waals surface area contributed by atoms with Crippen molar-refractivity contribution in [1.29, 1.82) is 0 Å².